The summed E-state index contributed by atoms with van der Waals surface area (Å²) in [7, 11) is 0. The van der Waals surface area contributed by atoms with E-state index in [9.17, 15) is 14.4 Å². The molecule has 1 aliphatic rings. The molecule has 2 aromatic rings. The Morgan fingerprint density at radius 2 is 2.38 bits per heavy atom. The standard InChI is InChI=1S/C15H15N3O3/c1-8-17-11-4-2-3-10(16)14(11)15(21)18(8)12-6-5-9(19)7-13(12)20/h2-4,12H,5-7,16H2,1H3/i1D3,3D,5D2,6D,12D. The number of Topliss-reactive ketones (excluding diaryl/α,β-unsaturated/α-hetero) is 2. The molecule has 0 radical (unpaired) electrons. The number of rotatable bonds is 1. The van der Waals surface area contributed by atoms with Gasteiger partial charge in [0.1, 0.15) is 11.6 Å². The summed E-state index contributed by atoms with van der Waals surface area (Å²) in [5.74, 6) is -3.57. The molecule has 1 heterocycles. The topological polar surface area (TPSA) is 95.0 Å². The number of carbonyl (C=O) groups is 2. The van der Waals surface area contributed by atoms with Crippen LogP contribution in [0.1, 0.15) is 42.0 Å². The normalized spacial score (nSPS) is 34.8. The van der Waals surface area contributed by atoms with Crippen molar-refractivity contribution in [2.75, 3.05) is 5.73 Å². The van der Waals surface area contributed by atoms with Crippen LogP contribution in [0.2, 0.25) is 0 Å². The maximum atomic E-state index is 13.2. The summed E-state index contributed by atoms with van der Waals surface area (Å²) in [6.07, 6.45) is -6.52. The van der Waals surface area contributed by atoms with Gasteiger partial charge in [-0.15, -0.1) is 0 Å². The molecule has 0 saturated heterocycles. The fraction of sp³-hybridized carbons (Fsp3) is 0.333. The van der Waals surface area contributed by atoms with Gasteiger partial charge in [0.25, 0.3) is 5.56 Å². The smallest absolute Gasteiger partial charge is 0.264 e. The van der Waals surface area contributed by atoms with E-state index in [1.165, 1.54) is 12.1 Å². The number of hydrogen-bond acceptors (Lipinski definition) is 5. The molecule has 2 atom stereocenters. The molecule has 0 aliphatic heterocycles. The number of benzene rings is 1. The Morgan fingerprint density at radius 1 is 1.57 bits per heavy atom. The van der Waals surface area contributed by atoms with Gasteiger partial charge in [-0.3, -0.25) is 19.0 Å². The highest BCUT2D eigenvalue weighted by atomic mass is 16.2. The Morgan fingerprint density at radius 3 is 3.14 bits per heavy atom. The van der Waals surface area contributed by atoms with E-state index < -0.39 is 60.4 Å². The largest absolute Gasteiger partial charge is 0.398 e. The van der Waals surface area contributed by atoms with Crippen LogP contribution in [0, 0.1) is 6.85 Å². The van der Waals surface area contributed by atoms with Crippen molar-refractivity contribution in [1.29, 1.82) is 0 Å². The summed E-state index contributed by atoms with van der Waals surface area (Å²) in [5.41, 5.74) is 3.91. The van der Waals surface area contributed by atoms with Crippen molar-refractivity contribution in [2.45, 2.75) is 32.1 Å². The summed E-state index contributed by atoms with van der Waals surface area (Å²) in [5, 5.41) is -0.436. The van der Waals surface area contributed by atoms with Gasteiger partial charge in [0, 0.05) is 20.3 Å². The first-order valence-electron chi connectivity index (χ1n) is 10.0. The van der Waals surface area contributed by atoms with Gasteiger partial charge in [0.05, 0.1) is 26.1 Å². The number of anilines is 1. The first-order valence-corrected chi connectivity index (χ1v) is 5.96. The lowest BCUT2D eigenvalue weighted by atomic mass is 9.92. The third-order valence-electron chi connectivity index (χ3n) is 3.08. The molecule has 1 saturated carbocycles. The lowest BCUT2D eigenvalue weighted by molar-refractivity contribution is -0.132. The quantitative estimate of drug-likeness (QED) is 0.628. The number of nitrogen functional groups attached to an aromatic ring is 1. The second-order valence-corrected chi connectivity index (χ2v) is 4.42. The summed E-state index contributed by atoms with van der Waals surface area (Å²) in [6.45, 7) is -3.12. The molecule has 6 nitrogen and oxygen atoms in total. The molecule has 0 bridgehead atoms. The monoisotopic (exact) mass is 293 g/mol. The average Bonchev–Trinajstić information content (AvgIpc) is 2.61. The Balaban J connectivity index is 2.52. The Hall–Kier alpha value is -2.50. The van der Waals surface area contributed by atoms with E-state index in [2.05, 4.69) is 4.98 Å². The third kappa shape index (κ3) is 2.12. The van der Waals surface area contributed by atoms with Crippen LogP contribution in [0.5, 0.6) is 0 Å². The third-order valence-corrected chi connectivity index (χ3v) is 3.08. The van der Waals surface area contributed by atoms with Gasteiger partial charge >= 0.3 is 0 Å². The van der Waals surface area contributed by atoms with E-state index in [1.807, 2.05) is 0 Å². The minimum Gasteiger partial charge on any atom is -0.398 e. The molecule has 0 spiro atoms. The molecule has 1 aromatic carbocycles. The molecule has 6 heteroatoms. The van der Waals surface area contributed by atoms with Crippen LogP contribution < -0.4 is 11.3 Å². The highest BCUT2D eigenvalue weighted by molar-refractivity contribution is 6.03. The predicted octanol–water partition coefficient (Wildman–Crippen LogP) is 1.15. The van der Waals surface area contributed by atoms with E-state index in [0.717, 1.165) is 0 Å². The van der Waals surface area contributed by atoms with Gasteiger partial charge in [-0.2, -0.15) is 0 Å². The fourth-order valence-electron chi connectivity index (χ4n) is 2.12. The number of nitrogens with two attached hydrogens (primary N) is 1. The van der Waals surface area contributed by atoms with Crippen LogP contribution in [0.3, 0.4) is 0 Å². The number of ketones is 2. The first kappa shape index (κ1) is 6.98. The first-order chi connectivity index (χ1) is 13.1. The van der Waals surface area contributed by atoms with Crippen LogP contribution in [0.25, 0.3) is 10.9 Å². The fourth-order valence-corrected chi connectivity index (χ4v) is 2.12. The number of aromatic nitrogens is 2. The lowest BCUT2D eigenvalue weighted by Gasteiger charge is -2.24. The van der Waals surface area contributed by atoms with Crippen molar-refractivity contribution < 1.29 is 20.6 Å². The molecule has 108 valence electrons. The molecule has 2 N–H and O–H groups in total. The minimum atomic E-state index is -3.12. The van der Waals surface area contributed by atoms with Crippen LogP contribution in [0.15, 0.2) is 23.0 Å². The Kier molecular flexibility index (Phi) is 1.59. The Labute approximate surface area is 131 Å². The number of hydrogen-bond donors (Lipinski definition) is 1. The maximum Gasteiger partial charge on any atom is 0.264 e. The zero-order valence-electron chi connectivity index (χ0n) is 18.6. The summed E-state index contributed by atoms with van der Waals surface area (Å²) >= 11 is 0. The second-order valence-electron chi connectivity index (χ2n) is 4.42. The molecule has 21 heavy (non-hydrogen) atoms. The molecule has 0 amide bonds. The van der Waals surface area contributed by atoms with E-state index in [4.69, 9.17) is 16.7 Å². The predicted molar refractivity (Wildman–Crippen MR) is 78.1 cm³/mol. The Bertz CT molecular complexity index is 1130. The van der Waals surface area contributed by atoms with Crippen LogP contribution in [-0.4, -0.2) is 21.1 Å². The van der Waals surface area contributed by atoms with Gasteiger partial charge in [-0.05, 0) is 25.4 Å². The van der Waals surface area contributed by atoms with Gasteiger partial charge in [0.15, 0.2) is 5.78 Å². The molecule has 1 aliphatic carbocycles. The van der Waals surface area contributed by atoms with Gasteiger partial charge < -0.3 is 5.73 Å². The SMILES string of the molecule is [2H]c1ccc2nc(C([2H])([2H])[2H])n(C3([2H])C(=O)CC(=O)C([2H])([2H])C3[2H])c(=O)c2c1N. The lowest BCUT2D eigenvalue weighted by Crippen LogP contribution is -2.36. The number of carbonyl (C=O) groups excluding carboxylic acids is 2. The van der Waals surface area contributed by atoms with Crippen molar-refractivity contribution >= 4 is 28.2 Å². The number of fused-ring (bicyclic) bond motifs is 1. The van der Waals surface area contributed by atoms with Gasteiger partial charge in [0.2, 0.25) is 0 Å². The van der Waals surface area contributed by atoms with Crippen LogP contribution in [0.4, 0.5) is 5.69 Å². The van der Waals surface area contributed by atoms with E-state index in [-0.39, 0.29) is 21.8 Å². The average molecular weight is 293 g/mol. The number of nitrogens with zero attached hydrogens (tertiary/aromatic N) is 2. The zero-order chi connectivity index (χ0) is 22.1. The molecule has 2 unspecified atom stereocenters. The molecule has 1 aromatic heterocycles. The van der Waals surface area contributed by atoms with E-state index >= 15 is 0 Å². The summed E-state index contributed by atoms with van der Waals surface area (Å²) < 4.78 is 63.1. The van der Waals surface area contributed by atoms with E-state index in [1.54, 1.807) is 0 Å². The molecule has 3 rings (SSSR count). The van der Waals surface area contributed by atoms with Gasteiger partial charge in [-0.1, -0.05) is 6.07 Å². The highest BCUT2D eigenvalue weighted by Gasteiger charge is 2.30. The van der Waals surface area contributed by atoms with Crippen molar-refractivity contribution in [1.82, 2.24) is 9.55 Å². The summed E-state index contributed by atoms with van der Waals surface area (Å²) in [4.78, 5) is 41.5. The van der Waals surface area contributed by atoms with Crippen molar-refractivity contribution in [3.05, 3.63) is 34.4 Å². The van der Waals surface area contributed by atoms with Crippen molar-refractivity contribution in [3.63, 3.8) is 0 Å². The van der Waals surface area contributed by atoms with Gasteiger partial charge in [-0.25, -0.2) is 4.98 Å². The van der Waals surface area contributed by atoms with Crippen molar-refractivity contribution in [2.24, 2.45) is 0 Å². The molecule has 1 fully saturated rings. The van der Waals surface area contributed by atoms with Crippen molar-refractivity contribution in [3.8, 4) is 0 Å². The maximum absolute atomic E-state index is 13.2. The summed E-state index contributed by atoms with van der Waals surface area (Å²) in [6, 6.07) is -1.00. The molecular weight excluding hydrogens is 270 g/mol. The zero-order valence-corrected chi connectivity index (χ0v) is 10.6. The van der Waals surface area contributed by atoms with Crippen LogP contribution in [-0.2, 0) is 9.59 Å². The van der Waals surface area contributed by atoms with Crippen LogP contribution >= 0.6 is 0 Å². The second kappa shape index (κ2) is 4.80. The highest BCUT2D eigenvalue weighted by Crippen LogP contribution is 2.24. The minimum absolute atomic E-state index is 0.127. The number of aryl methyl sites for hydroxylation is 1. The molecular formula is C15H15N3O3. The van der Waals surface area contributed by atoms with E-state index in [0.29, 0.717) is 0 Å².